The van der Waals surface area contributed by atoms with Crippen LogP contribution in [0.5, 0.6) is 0 Å². The number of aromatic nitrogens is 1. The molecule has 184 valence electrons. The zero-order valence-electron chi connectivity index (χ0n) is 19.7. The number of nitrogens with zero attached hydrogens (tertiary/aromatic N) is 3. The molecule has 3 amide bonds. The Morgan fingerprint density at radius 2 is 1.94 bits per heavy atom. The molecular formula is C26H29FN4O4. The molecule has 0 aliphatic carbocycles. The Hall–Kier alpha value is -3.17. The van der Waals surface area contributed by atoms with Crippen LogP contribution in [0.2, 0.25) is 0 Å². The van der Waals surface area contributed by atoms with E-state index >= 15 is 4.39 Å². The van der Waals surface area contributed by atoms with Gasteiger partial charge in [0.15, 0.2) is 5.82 Å². The Morgan fingerprint density at radius 1 is 1.17 bits per heavy atom. The van der Waals surface area contributed by atoms with Gasteiger partial charge in [-0.05, 0) is 69.0 Å². The van der Waals surface area contributed by atoms with Crippen LogP contribution in [-0.4, -0.2) is 62.8 Å². The zero-order chi connectivity index (χ0) is 24.7. The first-order valence-corrected chi connectivity index (χ1v) is 12.1. The van der Waals surface area contributed by atoms with Crippen LogP contribution < -0.4 is 5.32 Å². The van der Waals surface area contributed by atoms with Crippen molar-refractivity contribution in [1.82, 2.24) is 20.1 Å². The van der Waals surface area contributed by atoms with Crippen molar-refractivity contribution < 1.29 is 23.9 Å². The van der Waals surface area contributed by atoms with Gasteiger partial charge in [0.25, 0.3) is 5.91 Å². The number of carbonyl (C=O) groups excluding carboxylic acids is 3. The van der Waals surface area contributed by atoms with Gasteiger partial charge in [-0.25, -0.2) is 4.39 Å². The Balaban J connectivity index is 1.33. The number of carbonyl (C=O) groups is 3. The van der Waals surface area contributed by atoms with Gasteiger partial charge in [-0.3, -0.25) is 29.6 Å². The number of likely N-dealkylation sites (tertiary alicyclic amines) is 1. The number of aliphatic hydroxyl groups excluding tert-OH is 1. The van der Waals surface area contributed by atoms with Crippen LogP contribution in [0, 0.1) is 11.7 Å². The first-order chi connectivity index (χ1) is 16.8. The molecule has 0 bridgehead atoms. The summed E-state index contributed by atoms with van der Waals surface area (Å²) in [6.07, 6.45) is 3.55. The van der Waals surface area contributed by atoms with Crippen molar-refractivity contribution >= 4 is 17.7 Å². The molecule has 8 nitrogen and oxygen atoms in total. The van der Waals surface area contributed by atoms with Gasteiger partial charge in [0, 0.05) is 42.4 Å². The summed E-state index contributed by atoms with van der Waals surface area (Å²) in [6.45, 7) is 4.14. The van der Waals surface area contributed by atoms with Crippen LogP contribution in [0.1, 0.15) is 54.1 Å². The van der Waals surface area contributed by atoms with E-state index in [0.717, 1.165) is 25.9 Å². The zero-order valence-corrected chi connectivity index (χ0v) is 19.7. The number of hydrogen-bond acceptors (Lipinski definition) is 6. The number of benzene rings is 1. The lowest BCUT2D eigenvalue weighted by molar-refractivity contribution is -0.136. The highest BCUT2D eigenvalue weighted by molar-refractivity contribution is 6.05. The fraction of sp³-hybridized carbons (Fsp3) is 0.462. The lowest BCUT2D eigenvalue weighted by Crippen LogP contribution is -2.52. The number of piperidine rings is 2. The summed E-state index contributed by atoms with van der Waals surface area (Å²) in [5.74, 6) is -1.13. The number of hydrogen-bond donors (Lipinski definition) is 2. The Morgan fingerprint density at radius 3 is 2.66 bits per heavy atom. The lowest BCUT2D eigenvalue weighted by Gasteiger charge is -2.33. The van der Waals surface area contributed by atoms with Gasteiger partial charge in [0.05, 0.1) is 6.10 Å². The minimum atomic E-state index is -0.688. The standard InChI is InChI=1S/C26H29FN4O4/c1-15(32)16-7-10-30(11-8-16)13-18-6-9-28-24(23(18)27)17-2-3-20-19(12-17)14-31(26(20)35)21-4-5-22(33)29-25(21)34/h2-3,6,9,12,15-16,21,32H,4-5,7-8,10-11,13-14H2,1H3,(H,29,33,34). The van der Waals surface area contributed by atoms with Gasteiger partial charge in [0.2, 0.25) is 11.8 Å². The third kappa shape index (κ3) is 4.58. The van der Waals surface area contributed by atoms with Crippen LogP contribution in [0.15, 0.2) is 30.5 Å². The molecule has 4 heterocycles. The number of halogens is 1. The highest BCUT2D eigenvalue weighted by atomic mass is 19.1. The molecule has 0 spiro atoms. The predicted molar refractivity (Wildman–Crippen MR) is 125 cm³/mol. The molecule has 5 rings (SSSR count). The number of amides is 3. The van der Waals surface area contributed by atoms with Gasteiger partial charge in [-0.15, -0.1) is 0 Å². The smallest absolute Gasteiger partial charge is 0.255 e. The van der Waals surface area contributed by atoms with Crippen molar-refractivity contribution in [2.75, 3.05) is 13.1 Å². The quantitative estimate of drug-likeness (QED) is 0.637. The first kappa shape index (κ1) is 23.6. The molecule has 2 aromatic rings. The number of aliphatic hydroxyl groups is 1. The molecule has 35 heavy (non-hydrogen) atoms. The maximum atomic E-state index is 15.5. The maximum absolute atomic E-state index is 15.5. The molecule has 1 aromatic carbocycles. The minimum Gasteiger partial charge on any atom is -0.393 e. The summed E-state index contributed by atoms with van der Waals surface area (Å²) in [4.78, 5) is 44.6. The van der Waals surface area contributed by atoms with Gasteiger partial charge in [0.1, 0.15) is 11.7 Å². The molecule has 2 N–H and O–H groups in total. The van der Waals surface area contributed by atoms with Gasteiger partial charge < -0.3 is 10.0 Å². The average Bonchev–Trinajstić information content (AvgIpc) is 3.16. The minimum absolute atomic E-state index is 0.195. The Bertz CT molecular complexity index is 1180. The van der Waals surface area contributed by atoms with E-state index in [9.17, 15) is 19.5 Å². The third-order valence-corrected chi connectivity index (χ3v) is 7.47. The van der Waals surface area contributed by atoms with Gasteiger partial charge >= 0.3 is 0 Å². The average molecular weight is 481 g/mol. The van der Waals surface area contributed by atoms with E-state index in [4.69, 9.17) is 0 Å². The molecular weight excluding hydrogens is 451 g/mol. The monoisotopic (exact) mass is 480 g/mol. The summed E-state index contributed by atoms with van der Waals surface area (Å²) in [7, 11) is 0. The largest absolute Gasteiger partial charge is 0.393 e. The van der Waals surface area contributed by atoms with Gasteiger partial charge in [-0.1, -0.05) is 6.07 Å². The van der Waals surface area contributed by atoms with Crippen molar-refractivity contribution in [2.24, 2.45) is 5.92 Å². The number of nitrogens with one attached hydrogen (secondary N) is 1. The van der Waals surface area contributed by atoms with Crippen molar-refractivity contribution in [3.05, 3.63) is 53.0 Å². The topological polar surface area (TPSA) is 103 Å². The predicted octanol–water partition coefficient (Wildman–Crippen LogP) is 2.24. The van der Waals surface area contributed by atoms with Crippen LogP contribution in [0.4, 0.5) is 4.39 Å². The molecule has 0 saturated carbocycles. The molecule has 0 radical (unpaired) electrons. The van der Waals surface area contributed by atoms with Gasteiger partial charge in [-0.2, -0.15) is 0 Å². The molecule has 1 aromatic heterocycles. The van der Waals surface area contributed by atoms with E-state index in [-0.39, 0.29) is 48.3 Å². The second-order valence-corrected chi connectivity index (χ2v) is 9.76. The second-order valence-electron chi connectivity index (χ2n) is 9.76. The number of fused-ring (bicyclic) bond motifs is 1. The van der Waals surface area contributed by atoms with E-state index in [1.807, 2.05) is 6.92 Å². The Labute approximate surface area is 203 Å². The van der Waals surface area contributed by atoms with Crippen LogP contribution in [0.3, 0.4) is 0 Å². The fourth-order valence-electron chi connectivity index (χ4n) is 5.36. The maximum Gasteiger partial charge on any atom is 0.255 e. The van der Waals surface area contributed by atoms with E-state index < -0.39 is 11.9 Å². The molecule has 3 aliphatic rings. The summed E-state index contributed by atoms with van der Waals surface area (Å²) in [5, 5.41) is 12.1. The molecule has 2 atom stereocenters. The van der Waals surface area contributed by atoms with Crippen molar-refractivity contribution in [3.63, 3.8) is 0 Å². The van der Waals surface area contributed by atoms with E-state index in [1.165, 1.54) is 4.90 Å². The molecule has 2 unspecified atom stereocenters. The van der Waals surface area contributed by atoms with Crippen LogP contribution >= 0.6 is 0 Å². The second kappa shape index (κ2) is 9.47. The SMILES string of the molecule is CC(O)C1CCN(Cc2ccnc(-c3ccc4c(c3)CN(C3CCC(=O)NC3=O)C4=O)c2F)CC1. The number of pyridine rings is 1. The summed E-state index contributed by atoms with van der Waals surface area (Å²) >= 11 is 0. The van der Waals surface area contributed by atoms with E-state index in [2.05, 4.69) is 15.2 Å². The highest BCUT2D eigenvalue weighted by Gasteiger charge is 2.39. The molecule has 2 fully saturated rings. The van der Waals surface area contributed by atoms with E-state index in [1.54, 1.807) is 30.5 Å². The molecule has 3 aliphatic heterocycles. The number of rotatable bonds is 5. The van der Waals surface area contributed by atoms with Crippen LogP contribution in [0.25, 0.3) is 11.3 Å². The fourth-order valence-corrected chi connectivity index (χ4v) is 5.36. The number of imide groups is 1. The summed E-state index contributed by atoms with van der Waals surface area (Å²) in [5.41, 5.74) is 2.57. The van der Waals surface area contributed by atoms with Crippen molar-refractivity contribution in [2.45, 2.75) is 57.8 Å². The molecule has 2 saturated heterocycles. The van der Waals surface area contributed by atoms with E-state index in [0.29, 0.717) is 35.2 Å². The summed E-state index contributed by atoms with van der Waals surface area (Å²) in [6, 6.07) is 6.12. The normalized spacial score (nSPS) is 22.3. The van der Waals surface area contributed by atoms with Crippen molar-refractivity contribution in [1.29, 1.82) is 0 Å². The van der Waals surface area contributed by atoms with Crippen molar-refractivity contribution in [3.8, 4) is 11.3 Å². The first-order valence-electron chi connectivity index (χ1n) is 12.1. The molecule has 9 heteroatoms. The lowest BCUT2D eigenvalue weighted by atomic mass is 9.92. The highest BCUT2D eigenvalue weighted by Crippen LogP contribution is 2.32. The summed E-state index contributed by atoms with van der Waals surface area (Å²) < 4.78 is 15.5. The third-order valence-electron chi connectivity index (χ3n) is 7.47. The Kier molecular flexibility index (Phi) is 6.37. The van der Waals surface area contributed by atoms with Crippen LogP contribution in [-0.2, 0) is 22.7 Å².